The molecule has 0 saturated heterocycles. The van der Waals surface area contributed by atoms with Crippen molar-refractivity contribution in [1.29, 1.82) is 0 Å². The van der Waals surface area contributed by atoms with Gasteiger partial charge in [0.15, 0.2) is 0 Å². The Morgan fingerprint density at radius 3 is 2.46 bits per heavy atom. The minimum absolute atomic E-state index is 0.208. The van der Waals surface area contributed by atoms with Crippen LogP contribution in [-0.2, 0) is 13.0 Å². The SMILES string of the molecule is CCc1nn(-c2ccccc2)c2c1CN(C(=O)Nc1ccccc1OC)[C@@H](c1ccc(C)cc1)c1cccn1-2. The number of ether oxygens (including phenoxy) is 1. The van der Waals surface area contributed by atoms with Gasteiger partial charge in [-0.3, -0.25) is 0 Å². The van der Waals surface area contributed by atoms with E-state index in [-0.39, 0.29) is 12.1 Å². The molecule has 7 nitrogen and oxygen atoms in total. The Balaban J connectivity index is 1.55. The van der Waals surface area contributed by atoms with E-state index < -0.39 is 0 Å². The van der Waals surface area contributed by atoms with Crippen LogP contribution in [0.3, 0.4) is 0 Å². The molecule has 3 aromatic carbocycles. The monoisotopic (exact) mass is 517 g/mol. The van der Waals surface area contributed by atoms with Crippen molar-refractivity contribution in [2.45, 2.75) is 32.9 Å². The summed E-state index contributed by atoms with van der Waals surface area (Å²) in [5.41, 5.74) is 6.81. The molecule has 0 aliphatic carbocycles. The summed E-state index contributed by atoms with van der Waals surface area (Å²) in [5.74, 6) is 1.57. The highest BCUT2D eigenvalue weighted by Gasteiger charge is 2.36. The van der Waals surface area contributed by atoms with E-state index in [0.717, 1.165) is 40.4 Å². The number of methoxy groups -OCH3 is 1. The number of aryl methyl sites for hydroxylation is 2. The number of nitrogens with one attached hydrogen (secondary N) is 1. The lowest BCUT2D eigenvalue weighted by molar-refractivity contribution is 0.194. The average Bonchev–Trinajstić information content (AvgIpc) is 3.55. The molecule has 1 aliphatic rings. The van der Waals surface area contributed by atoms with Gasteiger partial charge in [-0.05, 0) is 55.3 Å². The third-order valence-corrected chi connectivity index (χ3v) is 7.31. The molecule has 3 heterocycles. The smallest absolute Gasteiger partial charge is 0.323 e. The molecule has 6 rings (SSSR count). The van der Waals surface area contributed by atoms with Crippen LogP contribution in [-0.4, -0.2) is 32.4 Å². The van der Waals surface area contributed by atoms with Crippen molar-refractivity contribution in [2.75, 3.05) is 12.4 Å². The van der Waals surface area contributed by atoms with Crippen LogP contribution in [0.25, 0.3) is 11.5 Å². The second-order valence-corrected chi connectivity index (χ2v) is 9.72. The molecule has 196 valence electrons. The molecule has 0 radical (unpaired) electrons. The Hall–Kier alpha value is -4.78. The highest BCUT2D eigenvalue weighted by molar-refractivity contribution is 5.91. The number of rotatable bonds is 5. The van der Waals surface area contributed by atoms with Gasteiger partial charge in [-0.1, -0.05) is 67.1 Å². The van der Waals surface area contributed by atoms with Gasteiger partial charge in [-0.2, -0.15) is 5.10 Å². The lowest BCUT2D eigenvalue weighted by Crippen LogP contribution is -2.38. The maximum Gasteiger partial charge on any atom is 0.323 e. The maximum absolute atomic E-state index is 14.2. The maximum atomic E-state index is 14.2. The second-order valence-electron chi connectivity index (χ2n) is 9.72. The van der Waals surface area contributed by atoms with Crippen molar-refractivity contribution >= 4 is 11.7 Å². The Morgan fingerprint density at radius 1 is 0.974 bits per heavy atom. The third-order valence-electron chi connectivity index (χ3n) is 7.31. The van der Waals surface area contributed by atoms with E-state index in [1.165, 1.54) is 5.56 Å². The number of anilines is 1. The molecule has 2 amide bonds. The molecule has 1 atom stereocenters. The standard InChI is InChI=1S/C32H31N5O2/c1-4-26-25-21-36(32(38)33-27-13-8-9-15-29(27)39-3)30(23-18-16-22(2)17-19-23)28-14-10-20-35(28)31(25)37(34-26)24-11-6-5-7-12-24/h5-20,30H,4,21H2,1-3H3,(H,33,38)/t30-/m0/s1. The molecule has 2 aromatic heterocycles. The quantitative estimate of drug-likeness (QED) is 0.283. The summed E-state index contributed by atoms with van der Waals surface area (Å²) in [6.45, 7) is 4.58. The normalized spacial score (nSPS) is 14.3. The first kappa shape index (κ1) is 24.6. The number of nitrogens with zero attached hydrogens (tertiary/aromatic N) is 4. The first-order valence-corrected chi connectivity index (χ1v) is 13.2. The minimum atomic E-state index is -0.323. The molecule has 1 aliphatic heterocycles. The fraction of sp³-hybridized carbons (Fsp3) is 0.188. The Morgan fingerprint density at radius 2 is 1.72 bits per heavy atom. The zero-order valence-corrected chi connectivity index (χ0v) is 22.3. The summed E-state index contributed by atoms with van der Waals surface area (Å²) in [5, 5.41) is 8.16. The Kier molecular flexibility index (Phi) is 6.40. The van der Waals surface area contributed by atoms with E-state index in [4.69, 9.17) is 9.84 Å². The van der Waals surface area contributed by atoms with Crippen LogP contribution in [0.2, 0.25) is 0 Å². The number of urea groups is 1. The van der Waals surface area contributed by atoms with Crippen LogP contribution in [0.4, 0.5) is 10.5 Å². The molecule has 5 aromatic rings. The number of carbonyl (C=O) groups is 1. The van der Waals surface area contributed by atoms with Crippen LogP contribution in [0.5, 0.6) is 5.75 Å². The van der Waals surface area contributed by atoms with Crippen molar-refractivity contribution < 1.29 is 9.53 Å². The van der Waals surface area contributed by atoms with Gasteiger partial charge in [0.05, 0.1) is 42.5 Å². The number of benzene rings is 3. The van der Waals surface area contributed by atoms with Gasteiger partial charge in [0, 0.05) is 11.8 Å². The summed E-state index contributed by atoms with van der Waals surface area (Å²) in [7, 11) is 1.61. The van der Waals surface area contributed by atoms with Crippen LogP contribution >= 0.6 is 0 Å². The highest BCUT2D eigenvalue weighted by Crippen LogP contribution is 2.39. The molecule has 39 heavy (non-hydrogen) atoms. The Bertz CT molecular complexity index is 1620. The first-order chi connectivity index (χ1) is 19.1. The van der Waals surface area contributed by atoms with E-state index in [0.29, 0.717) is 18.0 Å². The fourth-order valence-corrected chi connectivity index (χ4v) is 5.38. The van der Waals surface area contributed by atoms with Gasteiger partial charge in [-0.25, -0.2) is 9.48 Å². The third kappa shape index (κ3) is 4.36. The number of para-hydroxylation sites is 3. The molecular weight excluding hydrogens is 486 g/mol. The molecular formula is C32H31N5O2. The molecule has 1 N–H and O–H groups in total. The fourth-order valence-electron chi connectivity index (χ4n) is 5.38. The predicted octanol–water partition coefficient (Wildman–Crippen LogP) is 6.68. The van der Waals surface area contributed by atoms with Crippen molar-refractivity contribution in [3.63, 3.8) is 0 Å². The predicted molar refractivity (Wildman–Crippen MR) is 153 cm³/mol. The number of carbonyl (C=O) groups excluding carboxylic acids is 1. The largest absolute Gasteiger partial charge is 0.495 e. The molecule has 0 saturated carbocycles. The number of aromatic nitrogens is 3. The van der Waals surface area contributed by atoms with Gasteiger partial charge >= 0.3 is 6.03 Å². The van der Waals surface area contributed by atoms with Crippen molar-refractivity contribution in [2.24, 2.45) is 0 Å². The van der Waals surface area contributed by atoms with E-state index in [2.05, 4.69) is 72.4 Å². The van der Waals surface area contributed by atoms with E-state index in [9.17, 15) is 4.79 Å². The van der Waals surface area contributed by atoms with Gasteiger partial charge in [-0.15, -0.1) is 0 Å². The second kappa shape index (κ2) is 10.2. The molecule has 0 bridgehead atoms. The van der Waals surface area contributed by atoms with Crippen LogP contribution in [0.1, 0.15) is 41.0 Å². The van der Waals surface area contributed by atoms with Crippen LogP contribution < -0.4 is 10.1 Å². The molecule has 0 spiro atoms. The van der Waals surface area contributed by atoms with Crippen molar-refractivity contribution in [1.82, 2.24) is 19.2 Å². The van der Waals surface area contributed by atoms with E-state index in [1.807, 2.05) is 58.1 Å². The number of hydrogen-bond donors (Lipinski definition) is 1. The van der Waals surface area contributed by atoms with Crippen LogP contribution in [0, 0.1) is 6.92 Å². The number of amides is 2. The Labute approximate surface area is 228 Å². The van der Waals surface area contributed by atoms with Gasteiger partial charge in [0.1, 0.15) is 11.6 Å². The molecule has 0 fully saturated rings. The van der Waals surface area contributed by atoms with Crippen molar-refractivity contribution in [3.05, 3.63) is 125 Å². The zero-order chi connectivity index (χ0) is 26.9. The van der Waals surface area contributed by atoms with Gasteiger partial charge in [0.2, 0.25) is 0 Å². The summed E-state index contributed by atoms with van der Waals surface area (Å²) in [6.07, 6.45) is 2.81. The molecule has 0 unspecified atom stereocenters. The van der Waals surface area contributed by atoms with E-state index >= 15 is 0 Å². The summed E-state index contributed by atoms with van der Waals surface area (Å²) in [6, 6.07) is 29.7. The number of fused-ring (bicyclic) bond motifs is 3. The molecule has 7 heteroatoms. The summed E-state index contributed by atoms with van der Waals surface area (Å²) in [4.78, 5) is 16.1. The van der Waals surface area contributed by atoms with Gasteiger partial charge < -0.3 is 19.5 Å². The summed E-state index contributed by atoms with van der Waals surface area (Å²) < 4.78 is 9.72. The number of hydrogen-bond acceptors (Lipinski definition) is 3. The topological polar surface area (TPSA) is 64.3 Å². The summed E-state index contributed by atoms with van der Waals surface area (Å²) >= 11 is 0. The van der Waals surface area contributed by atoms with Gasteiger partial charge in [0.25, 0.3) is 0 Å². The first-order valence-electron chi connectivity index (χ1n) is 13.2. The van der Waals surface area contributed by atoms with E-state index in [1.54, 1.807) is 7.11 Å². The van der Waals surface area contributed by atoms with Crippen molar-refractivity contribution in [3.8, 4) is 17.3 Å². The minimum Gasteiger partial charge on any atom is -0.495 e. The van der Waals surface area contributed by atoms with Crippen LogP contribution in [0.15, 0.2) is 97.2 Å². The highest BCUT2D eigenvalue weighted by atomic mass is 16.5. The lowest BCUT2D eigenvalue weighted by atomic mass is 10.0. The zero-order valence-electron chi connectivity index (χ0n) is 22.3. The average molecular weight is 518 g/mol. The lowest BCUT2D eigenvalue weighted by Gasteiger charge is -2.31.